The Balaban J connectivity index is 1.73. The number of likely N-dealkylation sites (tertiary alicyclic amines) is 1. The van der Waals surface area contributed by atoms with Gasteiger partial charge in [-0.1, -0.05) is 6.92 Å². The summed E-state index contributed by atoms with van der Waals surface area (Å²) in [5.41, 5.74) is 0. The normalized spacial score (nSPS) is 34.1. The summed E-state index contributed by atoms with van der Waals surface area (Å²) in [6.07, 6.45) is 5.91. The Labute approximate surface area is 69.8 Å². The number of rotatable bonds is 2. The lowest BCUT2D eigenvalue weighted by molar-refractivity contribution is 0.177. The first-order chi connectivity index (χ1) is 5.34. The minimum atomic E-state index is 0.961. The van der Waals surface area contributed by atoms with Crippen LogP contribution in [0.5, 0.6) is 0 Å². The van der Waals surface area contributed by atoms with Crippen LogP contribution in [0.2, 0.25) is 0 Å². The predicted molar refractivity (Wildman–Crippen MR) is 47.6 cm³/mol. The first-order valence-corrected chi connectivity index (χ1v) is 5.07. The third-order valence-corrected chi connectivity index (χ3v) is 2.95. The highest BCUT2D eigenvalue weighted by atomic mass is 15.1. The molecule has 0 aromatic carbocycles. The molecule has 0 N–H and O–H groups in total. The molecule has 1 aliphatic carbocycles. The van der Waals surface area contributed by atoms with Gasteiger partial charge in [-0.3, -0.25) is 0 Å². The number of piperidine rings is 1. The van der Waals surface area contributed by atoms with Gasteiger partial charge in [0.1, 0.15) is 0 Å². The van der Waals surface area contributed by atoms with Gasteiger partial charge in [-0.15, -0.1) is 0 Å². The summed E-state index contributed by atoms with van der Waals surface area (Å²) in [7, 11) is 0. The lowest BCUT2D eigenvalue weighted by atomic mass is 10.0. The van der Waals surface area contributed by atoms with Gasteiger partial charge < -0.3 is 4.90 Å². The average Bonchev–Trinajstić information content (AvgIpc) is 2.71. The molecule has 2 fully saturated rings. The van der Waals surface area contributed by atoms with E-state index in [0.717, 1.165) is 11.8 Å². The second-order valence-electron chi connectivity index (χ2n) is 4.45. The van der Waals surface area contributed by atoms with Crippen molar-refractivity contribution >= 4 is 0 Å². The van der Waals surface area contributed by atoms with Crippen LogP contribution >= 0.6 is 0 Å². The topological polar surface area (TPSA) is 3.24 Å². The molecule has 11 heavy (non-hydrogen) atoms. The van der Waals surface area contributed by atoms with Crippen molar-refractivity contribution in [2.24, 2.45) is 11.8 Å². The molecular weight excluding hydrogens is 134 g/mol. The molecule has 0 spiro atoms. The van der Waals surface area contributed by atoms with Gasteiger partial charge in [0.15, 0.2) is 0 Å². The van der Waals surface area contributed by atoms with Gasteiger partial charge in [0.2, 0.25) is 0 Å². The Morgan fingerprint density at radius 2 is 2.09 bits per heavy atom. The number of nitrogens with zero attached hydrogens (tertiary/aromatic N) is 1. The van der Waals surface area contributed by atoms with Crippen LogP contribution in [0, 0.1) is 11.8 Å². The van der Waals surface area contributed by atoms with Gasteiger partial charge in [-0.2, -0.15) is 0 Å². The van der Waals surface area contributed by atoms with Crippen LogP contribution in [0.4, 0.5) is 0 Å². The highest BCUT2D eigenvalue weighted by Gasteiger charge is 2.26. The van der Waals surface area contributed by atoms with Crippen LogP contribution in [0.25, 0.3) is 0 Å². The molecule has 0 amide bonds. The van der Waals surface area contributed by atoms with Crippen molar-refractivity contribution in [1.82, 2.24) is 4.90 Å². The minimum Gasteiger partial charge on any atom is -0.303 e. The molecule has 1 atom stereocenters. The van der Waals surface area contributed by atoms with Gasteiger partial charge in [0.25, 0.3) is 0 Å². The summed E-state index contributed by atoms with van der Waals surface area (Å²) >= 11 is 0. The van der Waals surface area contributed by atoms with E-state index in [1.54, 1.807) is 0 Å². The second kappa shape index (κ2) is 3.14. The molecule has 1 heterocycles. The maximum Gasteiger partial charge on any atom is 0.000977 e. The van der Waals surface area contributed by atoms with E-state index in [0.29, 0.717) is 0 Å². The summed E-state index contributed by atoms with van der Waals surface area (Å²) < 4.78 is 0. The van der Waals surface area contributed by atoms with Gasteiger partial charge in [0, 0.05) is 13.1 Å². The summed E-state index contributed by atoms with van der Waals surface area (Å²) in [5.74, 6) is 2.04. The summed E-state index contributed by atoms with van der Waals surface area (Å²) in [6, 6.07) is 0. The number of hydrogen-bond donors (Lipinski definition) is 0. The Morgan fingerprint density at radius 3 is 2.73 bits per heavy atom. The zero-order chi connectivity index (χ0) is 7.68. The van der Waals surface area contributed by atoms with E-state index in [2.05, 4.69) is 11.8 Å². The predicted octanol–water partition coefficient (Wildman–Crippen LogP) is 2.13. The van der Waals surface area contributed by atoms with E-state index < -0.39 is 0 Å². The van der Waals surface area contributed by atoms with Gasteiger partial charge in [-0.05, 0) is 44.1 Å². The van der Waals surface area contributed by atoms with Crippen LogP contribution in [0.15, 0.2) is 0 Å². The highest BCUT2D eigenvalue weighted by molar-refractivity contribution is 4.79. The highest BCUT2D eigenvalue weighted by Crippen LogP contribution is 2.31. The summed E-state index contributed by atoms with van der Waals surface area (Å²) in [6.45, 7) is 6.54. The van der Waals surface area contributed by atoms with Crippen molar-refractivity contribution in [3.8, 4) is 0 Å². The standard InChI is InChI=1S/C10H19N/c1-9-3-2-6-11(7-9)8-10-4-5-10/h9-10H,2-8H2,1H3/t9-/m1/s1. The maximum absolute atomic E-state index is 2.67. The molecule has 1 saturated heterocycles. The Hall–Kier alpha value is -0.0400. The van der Waals surface area contributed by atoms with Crippen molar-refractivity contribution in [3.05, 3.63) is 0 Å². The summed E-state index contributed by atoms with van der Waals surface area (Å²) in [4.78, 5) is 2.67. The van der Waals surface area contributed by atoms with Crippen molar-refractivity contribution in [3.63, 3.8) is 0 Å². The molecule has 1 nitrogen and oxygen atoms in total. The fourth-order valence-electron chi connectivity index (χ4n) is 2.12. The SMILES string of the molecule is C[C@@H]1CCCN(CC2CC2)C1. The van der Waals surface area contributed by atoms with E-state index >= 15 is 0 Å². The molecule has 1 heteroatoms. The lowest BCUT2D eigenvalue weighted by Crippen LogP contribution is -2.35. The fourth-order valence-corrected chi connectivity index (χ4v) is 2.12. The Kier molecular flexibility index (Phi) is 2.17. The largest absolute Gasteiger partial charge is 0.303 e. The maximum atomic E-state index is 2.67. The third-order valence-electron chi connectivity index (χ3n) is 2.95. The quantitative estimate of drug-likeness (QED) is 0.587. The molecule has 64 valence electrons. The Bertz CT molecular complexity index is 127. The van der Waals surface area contributed by atoms with E-state index in [1.807, 2.05) is 0 Å². The van der Waals surface area contributed by atoms with Gasteiger partial charge in [-0.25, -0.2) is 0 Å². The van der Waals surface area contributed by atoms with E-state index in [1.165, 1.54) is 45.3 Å². The molecule has 0 radical (unpaired) electrons. The molecule has 1 saturated carbocycles. The van der Waals surface area contributed by atoms with Crippen LogP contribution in [0.3, 0.4) is 0 Å². The van der Waals surface area contributed by atoms with Gasteiger partial charge >= 0.3 is 0 Å². The van der Waals surface area contributed by atoms with E-state index in [9.17, 15) is 0 Å². The molecule has 0 bridgehead atoms. The summed E-state index contributed by atoms with van der Waals surface area (Å²) in [5, 5.41) is 0. The smallest absolute Gasteiger partial charge is 0.000977 e. The van der Waals surface area contributed by atoms with E-state index in [4.69, 9.17) is 0 Å². The third kappa shape index (κ3) is 2.19. The first kappa shape index (κ1) is 7.60. The minimum absolute atomic E-state index is 0.961. The van der Waals surface area contributed by atoms with Gasteiger partial charge in [0.05, 0.1) is 0 Å². The molecule has 2 aliphatic rings. The zero-order valence-corrected chi connectivity index (χ0v) is 7.55. The van der Waals surface area contributed by atoms with Crippen LogP contribution in [-0.4, -0.2) is 24.5 Å². The molecular formula is C10H19N. The van der Waals surface area contributed by atoms with E-state index in [-0.39, 0.29) is 0 Å². The lowest BCUT2D eigenvalue weighted by Gasteiger charge is -2.30. The molecule has 0 unspecified atom stereocenters. The van der Waals surface area contributed by atoms with Crippen LogP contribution in [0.1, 0.15) is 32.6 Å². The first-order valence-electron chi connectivity index (χ1n) is 5.07. The van der Waals surface area contributed by atoms with Crippen LogP contribution in [-0.2, 0) is 0 Å². The molecule has 1 aliphatic heterocycles. The van der Waals surface area contributed by atoms with Crippen molar-refractivity contribution in [2.45, 2.75) is 32.6 Å². The monoisotopic (exact) mass is 153 g/mol. The second-order valence-corrected chi connectivity index (χ2v) is 4.45. The average molecular weight is 153 g/mol. The number of hydrogen-bond acceptors (Lipinski definition) is 1. The van der Waals surface area contributed by atoms with Crippen molar-refractivity contribution in [1.29, 1.82) is 0 Å². The molecule has 0 aromatic heterocycles. The van der Waals surface area contributed by atoms with Crippen LogP contribution < -0.4 is 0 Å². The Morgan fingerprint density at radius 1 is 1.27 bits per heavy atom. The molecule has 0 aromatic rings. The molecule has 2 rings (SSSR count). The van der Waals surface area contributed by atoms with Crippen molar-refractivity contribution in [2.75, 3.05) is 19.6 Å². The van der Waals surface area contributed by atoms with Crippen molar-refractivity contribution < 1.29 is 0 Å². The zero-order valence-electron chi connectivity index (χ0n) is 7.55. The fraction of sp³-hybridized carbons (Fsp3) is 1.00.